The molecule has 0 N–H and O–H groups in total. The molecule has 5 aliphatic rings. The van der Waals surface area contributed by atoms with E-state index in [0.29, 0.717) is 12.0 Å². The van der Waals surface area contributed by atoms with E-state index in [-0.39, 0.29) is 90.3 Å². The highest BCUT2D eigenvalue weighted by Crippen LogP contribution is 2.56. The first-order valence-corrected chi connectivity index (χ1v) is 29.9. The lowest BCUT2D eigenvalue weighted by Crippen LogP contribution is -2.47. The molecule has 12 nitrogen and oxygen atoms in total. The summed E-state index contributed by atoms with van der Waals surface area (Å²) < 4.78 is 44.1. The molecule has 0 saturated heterocycles. The van der Waals surface area contributed by atoms with Crippen LogP contribution in [0.2, 0.25) is 0 Å². The van der Waals surface area contributed by atoms with E-state index in [1.54, 1.807) is 0 Å². The van der Waals surface area contributed by atoms with Gasteiger partial charge in [-0.15, -0.1) is 0 Å². The van der Waals surface area contributed by atoms with Gasteiger partial charge in [0, 0.05) is 0 Å². The van der Waals surface area contributed by atoms with E-state index in [2.05, 4.69) is 69.2 Å². The zero-order valence-corrected chi connectivity index (χ0v) is 53.2. The summed E-state index contributed by atoms with van der Waals surface area (Å²) in [4.78, 5) is 47.4. The van der Waals surface area contributed by atoms with Gasteiger partial charge in [0.25, 0.3) is 0 Å². The average molecular weight is 1080 g/mol. The van der Waals surface area contributed by atoms with Crippen molar-refractivity contribution in [2.45, 2.75) is 280 Å². The molecule has 3 atom stereocenters. The van der Waals surface area contributed by atoms with Crippen molar-refractivity contribution in [3.8, 4) is 0 Å². The second kappa shape index (κ2) is 28.9. The van der Waals surface area contributed by atoms with Crippen LogP contribution < -0.4 is 0 Å². The van der Waals surface area contributed by atoms with Crippen LogP contribution in [0.4, 0.5) is 0 Å². The fourth-order valence-corrected chi connectivity index (χ4v) is 12.1. The number of ether oxygens (including phenoxy) is 8. The van der Waals surface area contributed by atoms with Gasteiger partial charge in [0.2, 0.25) is 0 Å². The molecule has 5 saturated carbocycles. The lowest BCUT2D eigenvalue weighted by molar-refractivity contribution is -0.195. The topological polar surface area (TPSA) is 142 Å². The maximum absolute atomic E-state index is 12.0. The maximum Gasteiger partial charge on any atom is 0.313 e. The second-order valence-electron chi connectivity index (χ2n) is 29.9. The van der Waals surface area contributed by atoms with Crippen LogP contribution in [0.3, 0.4) is 0 Å². The quantitative estimate of drug-likeness (QED) is 0.0441. The van der Waals surface area contributed by atoms with Crippen molar-refractivity contribution in [3.63, 3.8) is 0 Å². The van der Waals surface area contributed by atoms with Gasteiger partial charge in [-0.1, -0.05) is 129 Å². The molecule has 0 aromatic carbocycles. The first kappa shape index (κ1) is 69.8. The van der Waals surface area contributed by atoms with Gasteiger partial charge in [0.1, 0.15) is 0 Å². The van der Waals surface area contributed by atoms with Crippen LogP contribution in [0.1, 0.15) is 268 Å². The predicted octanol–water partition coefficient (Wildman–Crippen LogP) is 16.4. The molecule has 12 heteroatoms. The van der Waals surface area contributed by atoms with E-state index in [1.165, 1.54) is 64.2 Å². The number of esters is 4. The molecule has 76 heavy (non-hydrogen) atoms. The number of hydrogen-bond acceptors (Lipinski definition) is 12. The monoisotopic (exact) mass is 1080 g/mol. The van der Waals surface area contributed by atoms with Gasteiger partial charge >= 0.3 is 23.9 Å². The van der Waals surface area contributed by atoms with E-state index in [9.17, 15) is 19.2 Å². The van der Waals surface area contributed by atoms with Crippen LogP contribution in [-0.4, -0.2) is 76.5 Å². The van der Waals surface area contributed by atoms with E-state index < -0.39 is 21.7 Å². The molecule has 0 aliphatic heterocycles. The minimum absolute atomic E-state index is 0.0692. The molecule has 5 fully saturated rings. The Balaban J connectivity index is 0.000000347. The first-order chi connectivity index (χ1) is 34.8. The highest BCUT2D eigenvalue weighted by atomic mass is 16.7. The third kappa shape index (κ3) is 21.0. The molecular weight excluding hydrogens is 961 g/mol. The smallest absolute Gasteiger partial charge is 0.313 e. The van der Waals surface area contributed by atoms with Crippen molar-refractivity contribution < 1.29 is 57.1 Å². The molecule has 0 aromatic rings. The molecule has 5 rings (SSSR count). The third-order valence-electron chi connectivity index (χ3n) is 19.3. The SMILES string of the molecule is CCC(C)(C)C(=O)OCOC1C(C)(C)CCC1(C)C.CCC(C)(C)C(=O)OCOC1C(C)(C)CCCC1(C)C.CCC(C)(C)C(=O)OCOCC1(C)CC2CCC1C2.CCC(C)(C)C(=O)OCOCC1(C)CCCCC1. The Bertz CT molecular complexity index is 1750. The predicted molar refractivity (Wildman–Crippen MR) is 305 cm³/mol. The maximum atomic E-state index is 12.0. The molecule has 0 heterocycles. The molecule has 2 bridgehead atoms. The number of rotatable bonds is 22. The summed E-state index contributed by atoms with van der Waals surface area (Å²) in [6.07, 6.45) is 21.0. The second-order valence-corrected chi connectivity index (χ2v) is 29.9. The fraction of sp³-hybridized carbons (Fsp3) is 0.938. The summed E-state index contributed by atoms with van der Waals surface area (Å²) in [6, 6.07) is 0. The largest absolute Gasteiger partial charge is 0.438 e. The zero-order chi connectivity index (χ0) is 58.2. The molecule has 0 spiro atoms. The minimum atomic E-state index is -0.430. The number of fused-ring (bicyclic) bond motifs is 2. The van der Waals surface area contributed by atoms with E-state index in [1.807, 2.05) is 83.1 Å². The summed E-state index contributed by atoms with van der Waals surface area (Å²) in [5, 5.41) is 0. The van der Waals surface area contributed by atoms with Crippen molar-refractivity contribution in [2.75, 3.05) is 40.4 Å². The van der Waals surface area contributed by atoms with Crippen LogP contribution in [0.15, 0.2) is 0 Å². The molecule has 0 aromatic heterocycles. The molecule has 0 amide bonds. The Morgan fingerprint density at radius 3 is 1.09 bits per heavy atom. The number of hydrogen-bond donors (Lipinski definition) is 0. The lowest BCUT2D eigenvalue weighted by Gasteiger charge is -2.48. The van der Waals surface area contributed by atoms with Gasteiger partial charge in [0.05, 0.1) is 47.1 Å². The Labute approximate surface area is 465 Å². The van der Waals surface area contributed by atoms with Crippen molar-refractivity contribution >= 4 is 23.9 Å². The van der Waals surface area contributed by atoms with Gasteiger partial charge in [0.15, 0.2) is 27.2 Å². The lowest BCUT2D eigenvalue weighted by atomic mass is 9.63. The zero-order valence-electron chi connectivity index (χ0n) is 53.2. The summed E-state index contributed by atoms with van der Waals surface area (Å²) >= 11 is 0. The molecule has 5 aliphatic carbocycles. The Hall–Kier alpha value is -2.28. The van der Waals surface area contributed by atoms with Crippen LogP contribution in [0, 0.1) is 66.0 Å². The Morgan fingerprint density at radius 1 is 0.421 bits per heavy atom. The highest BCUT2D eigenvalue weighted by Gasteiger charge is 2.50. The van der Waals surface area contributed by atoms with Gasteiger partial charge in [-0.2, -0.15) is 0 Å². The number of carbonyl (C=O) groups is 4. The van der Waals surface area contributed by atoms with E-state index in [4.69, 9.17) is 37.9 Å². The van der Waals surface area contributed by atoms with Crippen molar-refractivity contribution in [2.24, 2.45) is 66.0 Å². The standard InChI is InChI=1S/C17H32O3.C16H28O3.C16H30O3.C15H28O3/c1-8-15(2,3)14(18)20-12-19-13-16(4,5)10-9-11-17(13,6)7;1-5-15(2,3)14(17)19-11-18-10-16(4)9-12-6-7-13(16)8-12;1-8-14(2,3)13(17)19-11-18-12-15(4,5)9-10-16(12,6)7;1-5-14(2,3)13(16)18-12-17-11-15(4)9-7-6-8-10-15/h13H,8-12H2,1-7H3;12-13H,5-11H2,1-4H3;12H,8-11H2,1-7H3;5-12H2,1-4H3. The Morgan fingerprint density at radius 2 is 0.763 bits per heavy atom. The van der Waals surface area contributed by atoms with E-state index in [0.717, 1.165) is 69.8 Å². The highest BCUT2D eigenvalue weighted by molar-refractivity contribution is 5.77. The fourth-order valence-electron chi connectivity index (χ4n) is 12.1. The summed E-state index contributed by atoms with van der Waals surface area (Å²) in [5.41, 5.74) is -0.501. The third-order valence-corrected chi connectivity index (χ3v) is 19.3. The molecule has 0 radical (unpaired) electrons. The average Bonchev–Trinajstić information content (AvgIpc) is 4.00. The summed E-state index contributed by atoms with van der Waals surface area (Å²) in [6.45, 7) is 47.5. The van der Waals surface area contributed by atoms with Crippen molar-refractivity contribution in [3.05, 3.63) is 0 Å². The number of carbonyl (C=O) groups excluding carboxylic acids is 4. The molecule has 3 unspecified atom stereocenters. The van der Waals surface area contributed by atoms with Gasteiger partial charge in [-0.25, -0.2) is 0 Å². The van der Waals surface area contributed by atoms with Crippen LogP contribution in [0.5, 0.6) is 0 Å². The van der Waals surface area contributed by atoms with Crippen LogP contribution in [-0.2, 0) is 57.1 Å². The summed E-state index contributed by atoms with van der Waals surface area (Å²) in [7, 11) is 0. The van der Waals surface area contributed by atoms with Crippen molar-refractivity contribution in [1.29, 1.82) is 0 Å². The molecule has 446 valence electrons. The van der Waals surface area contributed by atoms with Crippen LogP contribution >= 0.6 is 0 Å². The normalized spacial score (nSPS) is 24.6. The van der Waals surface area contributed by atoms with Crippen molar-refractivity contribution in [1.82, 2.24) is 0 Å². The first-order valence-electron chi connectivity index (χ1n) is 29.9. The van der Waals surface area contributed by atoms with Gasteiger partial charge in [-0.05, 0) is 183 Å². The molecular formula is C64H118O12. The summed E-state index contributed by atoms with van der Waals surface area (Å²) in [5.74, 6) is 1.06. The van der Waals surface area contributed by atoms with E-state index >= 15 is 0 Å². The van der Waals surface area contributed by atoms with Gasteiger partial charge < -0.3 is 37.9 Å². The Kier molecular flexibility index (Phi) is 26.6. The van der Waals surface area contributed by atoms with Crippen LogP contribution in [0.25, 0.3) is 0 Å². The van der Waals surface area contributed by atoms with Gasteiger partial charge in [-0.3, -0.25) is 19.2 Å². The minimum Gasteiger partial charge on any atom is -0.438 e.